The molecule has 0 amide bonds. The van der Waals surface area contributed by atoms with Crippen molar-refractivity contribution in [3.63, 3.8) is 0 Å². The SMILES string of the molecule is Cc1ccnc(C(=O)c2ccc3cccnc3c2)c1. The summed E-state index contributed by atoms with van der Waals surface area (Å²) in [6.07, 6.45) is 3.38. The third-order valence-corrected chi connectivity index (χ3v) is 3.02. The van der Waals surface area contributed by atoms with Crippen molar-refractivity contribution in [2.75, 3.05) is 0 Å². The van der Waals surface area contributed by atoms with E-state index in [4.69, 9.17) is 0 Å². The number of ketones is 1. The van der Waals surface area contributed by atoms with Gasteiger partial charge in [-0.1, -0.05) is 18.2 Å². The van der Waals surface area contributed by atoms with Gasteiger partial charge in [-0.3, -0.25) is 14.8 Å². The normalized spacial score (nSPS) is 10.6. The first-order chi connectivity index (χ1) is 9.24. The van der Waals surface area contributed by atoms with Gasteiger partial charge >= 0.3 is 0 Å². The van der Waals surface area contributed by atoms with Crippen LogP contribution in [0.1, 0.15) is 21.6 Å². The number of aryl methyl sites for hydroxylation is 1. The van der Waals surface area contributed by atoms with E-state index in [-0.39, 0.29) is 5.78 Å². The second kappa shape index (κ2) is 4.61. The molecule has 2 aromatic heterocycles. The molecular weight excluding hydrogens is 236 g/mol. The number of benzene rings is 1. The van der Waals surface area contributed by atoms with Gasteiger partial charge in [0.1, 0.15) is 5.69 Å². The fourth-order valence-corrected chi connectivity index (χ4v) is 2.02. The van der Waals surface area contributed by atoms with Gasteiger partial charge in [0, 0.05) is 23.3 Å². The first-order valence-corrected chi connectivity index (χ1v) is 6.06. The van der Waals surface area contributed by atoms with Crippen molar-refractivity contribution in [3.8, 4) is 0 Å². The van der Waals surface area contributed by atoms with Crippen LogP contribution in [-0.4, -0.2) is 15.8 Å². The van der Waals surface area contributed by atoms with Crippen molar-refractivity contribution in [2.24, 2.45) is 0 Å². The van der Waals surface area contributed by atoms with E-state index < -0.39 is 0 Å². The zero-order valence-electron chi connectivity index (χ0n) is 10.5. The minimum atomic E-state index is -0.0729. The summed E-state index contributed by atoms with van der Waals surface area (Å²) in [4.78, 5) is 20.7. The van der Waals surface area contributed by atoms with E-state index in [1.165, 1.54) is 0 Å². The van der Waals surface area contributed by atoms with Gasteiger partial charge in [0.25, 0.3) is 0 Å². The maximum atomic E-state index is 12.4. The zero-order valence-corrected chi connectivity index (χ0v) is 10.5. The molecule has 0 saturated heterocycles. The lowest BCUT2D eigenvalue weighted by Gasteiger charge is -2.03. The number of hydrogen-bond donors (Lipinski definition) is 0. The minimum absolute atomic E-state index is 0.0729. The maximum Gasteiger partial charge on any atom is 0.211 e. The fourth-order valence-electron chi connectivity index (χ4n) is 2.02. The Balaban J connectivity index is 2.06. The van der Waals surface area contributed by atoms with E-state index in [0.717, 1.165) is 16.5 Å². The van der Waals surface area contributed by atoms with Crippen LogP contribution in [0, 0.1) is 6.92 Å². The highest BCUT2D eigenvalue weighted by Gasteiger charge is 2.11. The van der Waals surface area contributed by atoms with Crippen LogP contribution in [0.4, 0.5) is 0 Å². The summed E-state index contributed by atoms with van der Waals surface area (Å²) >= 11 is 0. The van der Waals surface area contributed by atoms with E-state index in [1.54, 1.807) is 18.5 Å². The molecule has 2 heterocycles. The van der Waals surface area contributed by atoms with E-state index in [1.807, 2.05) is 43.3 Å². The predicted molar refractivity (Wildman–Crippen MR) is 74.1 cm³/mol. The molecule has 0 aliphatic heterocycles. The summed E-state index contributed by atoms with van der Waals surface area (Å²) in [7, 11) is 0. The van der Waals surface area contributed by atoms with Crippen molar-refractivity contribution in [2.45, 2.75) is 6.92 Å². The standard InChI is InChI=1S/C16H12N2O/c1-11-6-8-18-15(9-11)16(19)13-5-4-12-3-2-7-17-14(12)10-13/h2-10H,1H3. The molecule has 0 unspecified atom stereocenters. The van der Waals surface area contributed by atoms with Gasteiger partial charge in [-0.2, -0.15) is 0 Å². The first kappa shape index (κ1) is 11.5. The number of nitrogens with zero attached hydrogens (tertiary/aromatic N) is 2. The van der Waals surface area contributed by atoms with Crippen LogP contribution < -0.4 is 0 Å². The average molecular weight is 248 g/mol. The van der Waals surface area contributed by atoms with E-state index in [2.05, 4.69) is 9.97 Å². The lowest BCUT2D eigenvalue weighted by Crippen LogP contribution is -2.04. The molecule has 0 aliphatic rings. The van der Waals surface area contributed by atoms with Crippen LogP contribution in [0.15, 0.2) is 54.9 Å². The molecule has 3 rings (SSSR count). The molecule has 0 radical (unpaired) electrons. The van der Waals surface area contributed by atoms with Crippen LogP contribution in [-0.2, 0) is 0 Å². The Morgan fingerprint density at radius 3 is 2.74 bits per heavy atom. The van der Waals surface area contributed by atoms with Crippen molar-refractivity contribution in [1.82, 2.24) is 9.97 Å². The first-order valence-electron chi connectivity index (χ1n) is 6.06. The molecule has 0 spiro atoms. The second-order valence-corrected chi connectivity index (χ2v) is 4.46. The van der Waals surface area contributed by atoms with E-state index in [9.17, 15) is 4.79 Å². The van der Waals surface area contributed by atoms with Crippen LogP contribution in [0.3, 0.4) is 0 Å². The van der Waals surface area contributed by atoms with Crippen LogP contribution >= 0.6 is 0 Å². The van der Waals surface area contributed by atoms with Crippen molar-refractivity contribution >= 4 is 16.7 Å². The quantitative estimate of drug-likeness (QED) is 0.654. The number of hydrogen-bond acceptors (Lipinski definition) is 3. The van der Waals surface area contributed by atoms with Gasteiger partial charge in [0.2, 0.25) is 5.78 Å². The third kappa shape index (κ3) is 2.22. The summed E-state index contributed by atoms with van der Waals surface area (Å²) < 4.78 is 0. The summed E-state index contributed by atoms with van der Waals surface area (Å²) in [5.41, 5.74) is 2.93. The Kier molecular flexibility index (Phi) is 2.80. The number of rotatable bonds is 2. The molecule has 0 aliphatic carbocycles. The summed E-state index contributed by atoms with van der Waals surface area (Å²) in [6, 6.07) is 13.1. The topological polar surface area (TPSA) is 42.9 Å². The Hall–Kier alpha value is -2.55. The number of carbonyl (C=O) groups is 1. The largest absolute Gasteiger partial charge is 0.287 e. The Bertz CT molecular complexity index is 765. The fraction of sp³-hybridized carbons (Fsp3) is 0.0625. The number of pyridine rings is 2. The Morgan fingerprint density at radius 1 is 1.00 bits per heavy atom. The van der Waals surface area contributed by atoms with Crippen molar-refractivity contribution in [3.05, 3.63) is 71.7 Å². The van der Waals surface area contributed by atoms with Gasteiger partial charge in [0.05, 0.1) is 5.52 Å². The average Bonchev–Trinajstić information content (AvgIpc) is 2.46. The lowest BCUT2D eigenvalue weighted by atomic mass is 10.0. The van der Waals surface area contributed by atoms with Gasteiger partial charge in [-0.25, -0.2) is 0 Å². The third-order valence-electron chi connectivity index (χ3n) is 3.02. The Labute approximate surface area is 111 Å². The molecule has 19 heavy (non-hydrogen) atoms. The monoisotopic (exact) mass is 248 g/mol. The molecule has 0 atom stereocenters. The van der Waals surface area contributed by atoms with E-state index >= 15 is 0 Å². The summed E-state index contributed by atoms with van der Waals surface area (Å²) in [6.45, 7) is 1.94. The molecular formula is C16H12N2O. The molecule has 0 N–H and O–H groups in total. The van der Waals surface area contributed by atoms with Crippen LogP contribution in [0.5, 0.6) is 0 Å². The highest BCUT2D eigenvalue weighted by atomic mass is 16.1. The smallest absolute Gasteiger partial charge is 0.211 e. The van der Waals surface area contributed by atoms with Gasteiger partial charge in [-0.05, 0) is 36.8 Å². The number of fused-ring (bicyclic) bond motifs is 1. The molecule has 0 bridgehead atoms. The Morgan fingerprint density at radius 2 is 1.89 bits per heavy atom. The lowest BCUT2D eigenvalue weighted by molar-refractivity contribution is 0.103. The predicted octanol–water partition coefficient (Wildman–Crippen LogP) is 3.17. The van der Waals surface area contributed by atoms with Crippen LogP contribution in [0.25, 0.3) is 10.9 Å². The molecule has 1 aromatic carbocycles. The maximum absolute atomic E-state index is 12.4. The minimum Gasteiger partial charge on any atom is -0.287 e. The van der Waals surface area contributed by atoms with Gasteiger partial charge < -0.3 is 0 Å². The van der Waals surface area contributed by atoms with Crippen molar-refractivity contribution < 1.29 is 4.79 Å². The second-order valence-electron chi connectivity index (χ2n) is 4.46. The zero-order chi connectivity index (χ0) is 13.2. The summed E-state index contributed by atoms with van der Waals surface area (Å²) in [5, 5.41) is 1.02. The highest BCUT2D eigenvalue weighted by molar-refractivity contribution is 6.09. The van der Waals surface area contributed by atoms with E-state index in [0.29, 0.717) is 11.3 Å². The molecule has 92 valence electrons. The van der Waals surface area contributed by atoms with Gasteiger partial charge in [0.15, 0.2) is 0 Å². The molecule has 0 fully saturated rings. The number of carbonyl (C=O) groups excluding carboxylic acids is 1. The molecule has 0 saturated carbocycles. The molecule has 3 aromatic rings. The summed E-state index contributed by atoms with van der Waals surface area (Å²) in [5.74, 6) is -0.0729. The van der Waals surface area contributed by atoms with Crippen LogP contribution in [0.2, 0.25) is 0 Å². The number of aromatic nitrogens is 2. The molecule has 3 nitrogen and oxygen atoms in total. The highest BCUT2D eigenvalue weighted by Crippen LogP contribution is 2.16. The van der Waals surface area contributed by atoms with Gasteiger partial charge in [-0.15, -0.1) is 0 Å². The molecule has 3 heteroatoms. The van der Waals surface area contributed by atoms with Crippen molar-refractivity contribution in [1.29, 1.82) is 0 Å².